The third-order valence-electron chi connectivity index (χ3n) is 5.12. The fourth-order valence-corrected chi connectivity index (χ4v) is 4.71. The number of nitrogens with one attached hydrogen (secondary N) is 1. The monoisotopic (exact) mass is 540 g/mol. The van der Waals surface area contributed by atoms with Crippen LogP contribution in [0.3, 0.4) is 0 Å². The van der Waals surface area contributed by atoms with Crippen LogP contribution in [0.1, 0.15) is 40.3 Å². The van der Waals surface area contributed by atoms with E-state index in [9.17, 15) is 4.79 Å². The predicted molar refractivity (Wildman–Crippen MR) is 137 cm³/mol. The van der Waals surface area contributed by atoms with Gasteiger partial charge in [-0.1, -0.05) is 75.7 Å². The minimum atomic E-state index is -0.377. The first-order chi connectivity index (χ1) is 15.9. The van der Waals surface area contributed by atoms with Crippen molar-refractivity contribution in [3.63, 3.8) is 0 Å². The Labute approximate surface area is 210 Å². The molecule has 0 radical (unpaired) electrons. The van der Waals surface area contributed by atoms with E-state index in [1.165, 1.54) is 5.56 Å². The van der Waals surface area contributed by atoms with Crippen molar-refractivity contribution in [2.24, 2.45) is 0 Å². The zero-order valence-corrected chi connectivity index (χ0v) is 21.3. The Morgan fingerprint density at radius 1 is 1.09 bits per heavy atom. The molecule has 4 aromatic rings. The summed E-state index contributed by atoms with van der Waals surface area (Å²) in [5.74, 6) is 1.21. The van der Waals surface area contributed by atoms with Gasteiger partial charge in [0.15, 0.2) is 11.0 Å². The second-order valence-corrected chi connectivity index (χ2v) is 9.88. The van der Waals surface area contributed by atoms with E-state index in [0.29, 0.717) is 16.4 Å². The molecule has 0 bridgehead atoms. The summed E-state index contributed by atoms with van der Waals surface area (Å²) in [6.45, 7) is 3.93. The summed E-state index contributed by atoms with van der Waals surface area (Å²) >= 11 is 11.3. The molecule has 1 aromatic heterocycles. The highest BCUT2D eigenvalue weighted by Gasteiger charge is 2.22. The Bertz CT molecular complexity index is 1260. The van der Waals surface area contributed by atoms with Gasteiger partial charge >= 0.3 is 0 Å². The van der Waals surface area contributed by atoms with E-state index in [1.54, 1.807) is 23.9 Å². The molecule has 0 fully saturated rings. The molecule has 0 spiro atoms. The molecule has 1 heterocycles. The fraction of sp³-hybridized carbons (Fsp3) is 0.160. The molecule has 0 aliphatic rings. The van der Waals surface area contributed by atoms with Gasteiger partial charge in [-0.05, 0) is 61.4 Å². The van der Waals surface area contributed by atoms with Crippen molar-refractivity contribution in [2.75, 3.05) is 0 Å². The summed E-state index contributed by atoms with van der Waals surface area (Å²) in [5.41, 5.74) is 3.70. The van der Waals surface area contributed by atoms with Gasteiger partial charge in [-0.3, -0.25) is 9.36 Å². The van der Waals surface area contributed by atoms with Crippen molar-refractivity contribution in [3.05, 3.63) is 105 Å². The number of carbonyl (C=O) groups is 1. The number of benzene rings is 3. The summed E-state index contributed by atoms with van der Waals surface area (Å²) in [6, 6.07) is 22.8. The molecule has 5 nitrogen and oxygen atoms in total. The Kier molecular flexibility index (Phi) is 7.53. The average Bonchev–Trinajstić information content (AvgIpc) is 3.24. The van der Waals surface area contributed by atoms with Crippen molar-refractivity contribution >= 4 is 45.2 Å². The first-order valence-electron chi connectivity index (χ1n) is 10.4. The zero-order valence-electron chi connectivity index (χ0n) is 18.1. The standard InChI is InChI=1S/C25H22BrClN4OS/c1-16-8-13-21(27)14-22(16)31-23(17(2)28-24(32)19-9-11-20(26)12-10-19)29-30-25(31)33-15-18-6-4-3-5-7-18/h3-14,17H,15H2,1-2H3,(H,28,32). The Morgan fingerprint density at radius 3 is 2.55 bits per heavy atom. The van der Waals surface area contributed by atoms with Crippen LogP contribution >= 0.6 is 39.3 Å². The molecule has 0 aliphatic heterocycles. The number of carbonyl (C=O) groups excluding carboxylic acids is 1. The first-order valence-corrected chi connectivity index (χ1v) is 12.5. The van der Waals surface area contributed by atoms with Gasteiger partial charge in [0.25, 0.3) is 5.91 Å². The van der Waals surface area contributed by atoms with Gasteiger partial charge in [-0.25, -0.2) is 0 Å². The van der Waals surface area contributed by atoms with Crippen molar-refractivity contribution < 1.29 is 4.79 Å². The normalized spacial score (nSPS) is 11.9. The number of hydrogen-bond acceptors (Lipinski definition) is 4. The second kappa shape index (κ2) is 10.5. The Morgan fingerprint density at radius 2 is 1.82 bits per heavy atom. The number of nitrogens with zero attached hydrogens (tertiary/aromatic N) is 3. The fourth-order valence-electron chi connectivity index (χ4n) is 3.37. The third kappa shape index (κ3) is 5.66. The van der Waals surface area contributed by atoms with Crippen LogP contribution in [-0.2, 0) is 5.75 Å². The van der Waals surface area contributed by atoms with Crippen molar-refractivity contribution in [1.82, 2.24) is 20.1 Å². The number of thioether (sulfide) groups is 1. The highest BCUT2D eigenvalue weighted by Crippen LogP contribution is 2.30. The van der Waals surface area contributed by atoms with Crippen LogP contribution in [0.25, 0.3) is 5.69 Å². The molecule has 8 heteroatoms. The van der Waals surface area contributed by atoms with Gasteiger partial charge in [0, 0.05) is 20.8 Å². The minimum Gasteiger partial charge on any atom is -0.342 e. The van der Waals surface area contributed by atoms with Crippen LogP contribution in [0.5, 0.6) is 0 Å². The van der Waals surface area contributed by atoms with E-state index < -0.39 is 0 Å². The van der Waals surface area contributed by atoms with Crippen LogP contribution in [-0.4, -0.2) is 20.7 Å². The lowest BCUT2D eigenvalue weighted by atomic mass is 10.1. The molecule has 1 N–H and O–H groups in total. The molecule has 168 valence electrons. The largest absolute Gasteiger partial charge is 0.342 e. The Hall–Kier alpha value is -2.61. The molecular formula is C25H22BrClN4OS. The SMILES string of the molecule is Cc1ccc(Cl)cc1-n1c(SCc2ccccc2)nnc1C(C)NC(=O)c1ccc(Br)cc1. The predicted octanol–water partition coefficient (Wildman–Crippen LogP) is 6.77. The van der Waals surface area contributed by atoms with Crippen LogP contribution in [0.2, 0.25) is 5.02 Å². The summed E-state index contributed by atoms with van der Waals surface area (Å²) in [4.78, 5) is 12.8. The molecule has 1 unspecified atom stereocenters. The van der Waals surface area contributed by atoms with Crippen molar-refractivity contribution in [3.8, 4) is 5.69 Å². The summed E-state index contributed by atoms with van der Waals surface area (Å²) in [7, 11) is 0. The lowest BCUT2D eigenvalue weighted by Crippen LogP contribution is -2.28. The number of hydrogen-bond donors (Lipinski definition) is 1. The lowest BCUT2D eigenvalue weighted by Gasteiger charge is -2.18. The van der Waals surface area contributed by atoms with Gasteiger partial charge in [-0.2, -0.15) is 0 Å². The minimum absolute atomic E-state index is 0.175. The summed E-state index contributed by atoms with van der Waals surface area (Å²) in [6.07, 6.45) is 0. The van der Waals surface area contributed by atoms with Crippen molar-refractivity contribution in [1.29, 1.82) is 0 Å². The first kappa shape index (κ1) is 23.5. The number of amides is 1. The van der Waals surface area contributed by atoms with Gasteiger partial charge < -0.3 is 5.32 Å². The number of aryl methyl sites for hydroxylation is 1. The molecular weight excluding hydrogens is 520 g/mol. The van der Waals surface area contributed by atoms with Crippen LogP contribution in [0, 0.1) is 6.92 Å². The van der Waals surface area contributed by atoms with Gasteiger partial charge in [-0.15, -0.1) is 10.2 Å². The number of rotatable bonds is 7. The van der Waals surface area contributed by atoms with E-state index in [-0.39, 0.29) is 11.9 Å². The van der Waals surface area contributed by atoms with Crippen LogP contribution in [0.4, 0.5) is 0 Å². The van der Waals surface area contributed by atoms with Crippen LogP contribution < -0.4 is 5.32 Å². The maximum absolute atomic E-state index is 12.8. The summed E-state index contributed by atoms with van der Waals surface area (Å²) < 4.78 is 2.91. The van der Waals surface area contributed by atoms with Gasteiger partial charge in [0.2, 0.25) is 0 Å². The highest BCUT2D eigenvalue weighted by molar-refractivity contribution is 9.10. The maximum Gasteiger partial charge on any atom is 0.251 e. The smallest absolute Gasteiger partial charge is 0.251 e. The van der Waals surface area contributed by atoms with E-state index in [1.807, 2.05) is 66.9 Å². The van der Waals surface area contributed by atoms with E-state index >= 15 is 0 Å². The van der Waals surface area contributed by atoms with Crippen LogP contribution in [0.15, 0.2) is 82.4 Å². The quantitative estimate of drug-likeness (QED) is 0.262. The molecule has 1 atom stereocenters. The molecule has 1 amide bonds. The lowest BCUT2D eigenvalue weighted by molar-refractivity contribution is 0.0938. The molecule has 0 aliphatic carbocycles. The number of aromatic nitrogens is 3. The van der Waals surface area contributed by atoms with E-state index in [4.69, 9.17) is 11.6 Å². The molecule has 4 rings (SSSR count). The third-order valence-corrected chi connectivity index (χ3v) is 6.89. The molecule has 0 saturated carbocycles. The maximum atomic E-state index is 12.8. The summed E-state index contributed by atoms with van der Waals surface area (Å²) in [5, 5.41) is 13.3. The molecule has 0 saturated heterocycles. The van der Waals surface area contributed by atoms with E-state index in [2.05, 4.69) is 43.6 Å². The Balaban J connectivity index is 1.66. The molecule has 33 heavy (non-hydrogen) atoms. The molecule has 3 aromatic carbocycles. The topological polar surface area (TPSA) is 59.8 Å². The van der Waals surface area contributed by atoms with Crippen molar-refractivity contribution in [2.45, 2.75) is 30.8 Å². The van der Waals surface area contributed by atoms with E-state index in [0.717, 1.165) is 26.6 Å². The second-order valence-electron chi connectivity index (χ2n) is 7.58. The number of halogens is 2. The zero-order chi connectivity index (χ0) is 23.4. The van der Waals surface area contributed by atoms with Gasteiger partial charge in [0.05, 0.1) is 11.7 Å². The highest BCUT2D eigenvalue weighted by atomic mass is 79.9. The average molecular weight is 542 g/mol. The van der Waals surface area contributed by atoms with Gasteiger partial charge in [0.1, 0.15) is 0 Å².